The lowest BCUT2D eigenvalue weighted by Gasteiger charge is -2.25. The lowest BCUT2D eigenvalue weighted by Crippen LogP contribution is -2.50. The molecule has 0 radical (unpaired) electrons. The van der Waals surface area contributed by atoms with Gasteiger partial charge in [-0.1, -0.05) is 18.2 Å². The van der Waals surface area contributed by atoms with Crippen molar-refractivity contribution in [2.24, 2.45) is 5.73 Å². The van der Waals surface area contributed by atoms with E-state index in [1.54, 1.807) is 6.07 Å². The molecule has 4 rings (SSSR count). The van der Waals surface area contributed by atoms with Crippen LogP contribution >= 0.6 is 23.1 Å². The van der Waals surface area contributed by atoms with Gasteiger partial charge in [-0.15, -0.1) is 23.1 Å². The number of rotatable bonds is 6. The van der Waals surface area contributed by atoms with Crippen molar-refractivity contribution in [2.45, 2.75) is 30.1 Å². The molecule has 34 heavy (non-hydrogen) atoms. The third-order valence-electron chi connectivity index (χ3n) is 5.28. The molecule has 3 amide bonds. The van der Waals surface area contributed by atoms with Crippen LogP contribution in [0, 0.1) is 0 Å². The van der Waals surface area contributed by atoms with E-state index >= 15 is 0 Å². The number of fused-ring (bicyclic) bond motifs is 1. The van der Waals surface area contributed by atoms with Gasteiger partial charge in [-0.2, -0.15) is 0 Å². The number of primary amides is 1. The van der Waals surface area contributed by atoms with Crippen LogP contribution in [-0.2, 0) is 28.7 Å². The van der Waals surface area contributed by atoms with Gasteiger partial charge in [0, 0.05) is 17.0 Å². The smallest absolute Gasteiger partial charge is 0.349 e. The summed E-state index contributed by atoms with van der Waals surface area (Å²) < 4.78 is 10.9. The Labute approximate surface area is 201 Å². The number of esters is 2. The van der Waals surface area contributed by atoms with Gasteiger partial charge < -0.3 is 30.5 Å². The van der Waals surface area contributed by atoms with Gasteiger partial charge in [0.15, 0.2) is 6.10 Å². The lowest BCUT2D eigenvalue weighted by atomic mass is 10.2. The molecule has 2 fully saturated rings. The molecule has 0 saturated carbocycles. The molecule has 2 aliphatic heterocycles. The summed E-state index contributed by atoms with van der Waals surface area (Å²) in [6.07, 6.45) is -2.93. The highest BCUT2D eigenvalue weighted by molar-refractivity contribution is 8.00. The van der Waals surface area contributed by atoms with Crippen molar-refractivity contribution in [3.8, 4) is 0 Å². The number of thioether (sulfide) groups is 1. The van der Waals surface area contributed by atoms with Gasteiger partial charge in [-0.25, -0.2) is 4.79 Å². The van der Waals surface area contributed by atoms with Crippen LogP contribution in [0.3, 0.4) is 0 Å². The van der Waals surface area contributed by atoms with Gasteiger partial charge in [0.1, 0.15) is 16.2 Å². The Morgan fingerprint density at radius 1 is 1.26 bits per heavy atom. The predicted molar refractivity (Wildman–Crippen MR) is 122 cm³/mol. The van der Waals surface area contributed by atoms with Crippen molar-refractivity contribution >= 4 is 62.8 Å². The Hall–Kier alpha value is -3.16. The summed E-state index contributed by atoms with van der Waals surface area (Å²) in [4.78, 5) is 62.8. The van der Waals surface area contributed by atoms with E-state index in [2.05, 4.69) is 10.1 Å². The van der Waals surface area contributed by atoms with Crippen molar-refractivity contribution in [3.05, 3.63) is 35.2 Å². The third kappa shape index (κ3) is 5.32. The Kier molecular flexibility index (Phi) is 7.05. The zero-order chi connectivity index (χ0) is 24.4. The number of aliphatic hydroxyl groups is 1. The topological polar surface area (TPSA) is 165 Å². The average Bonchev–Trinajstić information content (AvgIpc) is 3.31. The van der Waals surface area contributed by atoms with E-state index in [1.807, 2.05) is 24.3 Å². The van der Waals surface area contributed by atoms with Gasteiger partial charge in [0.25, 0.3) is 5.91 Å². The summed E-state index contributed by atoms with van der Waals surface area (Å²) in [5, 5.41) is 12.2. The number of nitrogens with one attached hydrogen (secondary N) is 1. The quantitative estimate of drug-likeness (QED) is 0.441. The molecule has 0 spiro atoms. The average molecular weight is 508 g/mol. The summed E-state index contributed by atoms with van der Waals surface area (Å²) in [6.45, 7) is -0.649. The molecular formula is C21H21N3O8S2. The maximum atomic E-state index is 13.1. The van der Waals surface area contributed by atoms with Crippen LogP contribution in [0.1, 0.15) is 16.1 Å². The molecule has 3 heterocycles. The normalized spacial score (nSPS) is 25.0. The van der Waals surface area contributed by atoms with E-state index in [4.69, 9.17) is 10.5 Å². The standard InChI is InChI=1S/C21H21N3O8S2/c22-18(27)15-7-24(8-16(25)23-11-6-17(26)32-20(11)29)19(28)12(9-33-15)31-21(30)14-5-10-3-1-2-4-13(10)34-14/h1-5,11-12,15,20,29H,6-9H2,(H2,22,27)(H,23,25). The highest BCUT2D eigenvalue weighted by atomic mass is 32.2. The van der Waals surface area contributed by atoms with Gasteiger partial charge in [-0.3, -0.25) is 19.2 Å². The number of hydrogen-bond donors (Lipinski definition) is 3. The van der Waals surface area contributed by atoms with Crippen LogP contribution in [-0.4, -0.2) is 82.2 Å². The fraction of sp³-hybridized carbons (Fsp3) is 0.381. The minimum absolute atomic E-state index is 0.00905. The molecule has 11 nitrogen and oxygen atoms in total. The number of ether oxygens (including phenoxy) is 2. The first kappa shape index (κ1) is 24.0. The molecule has 0 aliphatic carbocycles. The molecule has 1 aromatic heterocycles. The minimum Gasteiger partial charge on any atom is -0.447 e. The SMILES string of the molecule is NC(=O)C1CN(CC(=O)NC2CC(=O)OC2O)C(=O)C(OC(=O)c2cc3ccccc3s2)CS1. The van der Waals surface area contributed by atoms with Crippen molar-refractivity contribution < 1.29 is 38.6 Å². The van der Waals surface area contributed by atoms with Crippen molar-refractivity contribution in [3.63, 3.8) is 0 Å². The monoisotopic (exact) mass is 507 g/mol. The Morgan fingerprint density at radius 2 is 2.03 bits per heavy atom. The zero-order valence-corrected chi connectivity index (χ0v) is 19.3. The molecule has 4 N–H and O–H groups in total. The number of thiophene rings is 1. The number of nitrogens with two attached hydrogens (primary N) is 1. The van der Waals surface area contributed by atoms with Gasteiger partial charge in [0.2, 0.25) is 18.1 Å². The van der Waals surface area contributed by atoms with E-state index in [1.165, 1.54) is 11.3 Å². The Balaban J connectivity index is 1.46. The molecule has 13 heteroatoms. The van der Waals surface area contributed by atoms with E-state index < -0.39 is 59.9 Å². The third-order valence-corrected chi connectivity index (χ3v) is 7.65. The predicted octanol–water partition coefficient (Wildman–Crippen LogP) is -0.394. The molecule has 2 aliphatic rings. The molecule has 180 valence electrons. The number of cyclic esters (lactones) is 1. The van der Waals surface area contributed by atoms with E-state index in [0.29, 0.717) is 4.88 Å². The van der Waals surface area contributed by atoms with Gasteiger partial charge in [0.05, 0.1) is 13.0 Å². The van der Waals surface area contributed by atoms with Crippen molar-refractivity contribution in [1.82, 2.24) is 10.2 Å². The summed E-state index contributed by atoms with van der Waals surface area (Å²) >= 11 is 2.29. The second kappa shape index (κ2) is 9.99. The summed E-state index contributed by atoms with van der Waals surface area (Å²) in [6, 6.07) is 8.12. The molecular weight excluding hydrogens is 486 g/mol. The maximum absolute atomic E-state index is 13.1. The van der Waals surface area contributed by atoms with E-state index in [9.17, 15) is 29.1 Å². The number of hydrogen-bond acceptors (Lipinski definition) is 10. The molecule has 2 aromatic rings. The molecule has 4 atom stereocenters. The number of carbonyl (C=O) groups excluding carboxylic acids is 5. The van der Waals surface area contributed by atoms with E-state index in [0.717, 1.165) is 26.7 Å². The number of benzene rings is 1. The maximum Gasteiger partial charge on any atom is 0.349 e. The Bertz CT molecular complexity index is 1120. The molecule has 2 saturated heterocycles. The van der Waals surface area contributed by atoms with Crippen molar-refractivity contribution in [1.29, 1.82) is 0 Å². The molecule has 1 aromatic carbocycles. The van der Waals surface area contributed by atoms with Crippen LogP contribution in [0.4, 0.5) is 0 Å². The highest BCUT2D eigenvalue weighted by Gasteiger charge is 2.39. The summed E-state index contributed by atoms with van der Waals surface area (Å²) in [5.74, 6) is -3.37. The number of carbonyl (C=O) groups is 5. The van der Waals surface area contributed by atoms with Crippen molar-refractivity contribution in [2.75, 3.05) is 18.8 Å². The minimum atomic E-state index is -1.49. The first-order chi connectivity index (χ1) is 16.2. The Morgan fingerprint density at radius 3 is 2.71 bits per heavy atom. The van der Waals surface area contributed by atoms with Crippen LogP contribution in [0.5, 0.6) is 0 Å². The fourth-order valence-corrected chi connectivity index (χ4v) is 5.60. The van der Waals surface area contributed by atoms with Gasteiger partial charge >= 0.3 is 11.9 Å². The second-order valence-corrected chi connectivity index (χ2v) is 10.1. The van der Waals surface area contributed by atoms with Crippen LogP contribution < -0.4 is 11.1 Å². The summed E-state index contributed by atoms with van der Waals surface area (Å²) in [5.41, 5.74) is 5.43. The van der Waals surface area contributed by atoms with E-state index in [-0.39, 0.29) is 18.7 Å². The molecule has 0 bridgehead atoms. The summed E-state index contributed by atoms with van der Waals surface area (Å²) in [7, 11) is 0. The fourth-order valence-electron chi connectivity index (χ4n) is 3.58. The second-order valence-electron chi connectivity index (χ2n) is 7.74. The highest BCUT2D eigenvalue weighted by Crippen LogP contribution is 2.27. The zero-order valence-electron chi connectivity index (χ0n) is 17.7. The first-order valence-corrected chi connectivity index (χ1v) is 12.1. The first-order valence-electron chi connectivity index (χ1n) is 10.3. The number of aliphatic hydroxyl groups excluding tert-OH is 1. The largest absolute Gasteiger partial charge is 0.447 e. The lowest BCUT2D eigenvalue weighted by molar-refractivity contribution is -0.155. The van der Waals surface area contributed by atoms with Gasteiger partial charge in [-0.05, 0) is 17.5 Å². The van der Waals surface area contributed by atoms with Crippen LogP contribution in [0.25, 0.3) is 10.1 Å². The van der Waals surface area contributed by atoms with Crippen LogP contribution in [0.2, 0.25) is 0 Å². The molecule has 4 unspecified atom stereocenters. The van der Waals surface area contributed by atoms with Crippen LogP contribution in [0.15, 0.2) is 30.3 Å². The number of amides is 3. The number of nitrogens with zero attached hydrogens (tertiary/aromatic N) is 1.